The molecule has 1 fully saturated rings. The minimum Gasteiger partial charge on any atom is -0.454 e. The van der Waals surface area contributed by atoms with E-state index >= 15 is 0 Å². The standard InChI is InChI=1S/C13H13NO4/c1-7(15)17-11-9-6-4-3-5-8(9)10-12(11)18-13(16)14(10)2/h3-6,10-12H,1-2H3/t10-,11?,12-/m1/s1. The second-order valence-corrected chi connectivity index (χ2v) is 4.56. The first-order valence-corrected chi connectivity index (χ1v) is 5.79. The van der Waals surface area contributed by atoms with E-state index < -0.39 is 12.2 Å². The van der Waals surface area contributed by atoms with Crippen molar-refractivity contribution in [2.75, 3.05) is 7.05 Å². The van der Waals surface area contributed by atoms with Crippen molar-refractivity contribution in [3.8, 4) is 0 Å². The second kappa shape index (κ2) is 3.73. The normalized spacial score (nSPS) is 28.7. The molecule has 5 nitrogen and oxygen atoms in total. The topological polar surface area (TPSA) is 55.8 Å². The zero-order valence-electron chi connectivity index (χ0n) is 10.1. The molecule has 94 valence electrons. The molecule has 0 N–H and O–H groups in total. The Balaban J connectivity index is 2.06. The van der Waals surface area contributed by atoms with Gasteiger partial charge < -0.3 is 14.4 Å². The zero-order valence-corrected chi connectivity index (χ0v) is 10.1. The van der Waals surface area contributed by atoms with Crippen molar-refractivity contribution in [1.82, 2.24) is 4.90 Å². The van der Waals surface area contributed by atoms with Gasteiger partial charge in [0.1, 0.15) is 6.04 Å². The number of hydrogen-bond acceptors (Lipinski definition) is 4. The van der Waals surface area contributed by atoms with Crippen molar-refractivity contribution < 1.29 is 19.1 Å². The quantitative estimate of drug-likeness (QED) is 0.710. The summed E-state index contributed by atoms with van der Waals surface area (Å²) in [5.74, 6) is -0.374. The number of nitrogens with zero attached hydrogens (tertiary/aromatic N) is 1. The summed E-state index contributed by atoms with van der Waals surface area (Å²) in [6.45, 7) is 1.36. The molecule has 3 atom stereocenters. The van der Waals surface area contributed by atoms with Gasteiger partial charge in [-0.05, 0) is 5.56 Å². The number of amides is 1. The van der Waals surface area contributed by atoms with Crippen LogP contribution >= 0.6 is 0 Å². The molecule has 3 rings (SSSR count). The van der Waals surface area contributed by atoms with E-state index in [2.05, 4.69) is 0 Å². The van der Waals surface area contributed by atoms with Gasteiger partial charge in [-0.25, -0.2) is 4.79 Å². The third-order valence-electron chi connectivity index (χ3n) is 3.47. The van der Waals surface area contributed by atoms with Crippen LogP contribution in [0.1, 0.15) is 30.2 Å². The first-order chi connectivity index (χ1) is 8.59. The summed E-state index contributed by atoms with van der Waals surface area (Å²) >= 11 is 0. The fourth-order valence-corrected chi connectivity index (χ4v) is 2.74. The summed E-state index contributed by atoms with van der Waals surface area (Å²) in [5.41, 5.74) is 1.91. The molecule has 0 saturated carbocycles. The Morgan fingerprint density at radius 1 is 1.33 bits per heavy atom. The van der Waals surface area contributed by atoms with E-state index in [1.165, 1.54) is 6.92 Å². The molecular weight excluding hydrogens is 234 g/mol. The Morgan fingerprint density at radius 2 is 2.00 bits per heavy atom. The lowest BCUT2D eigenvalue weighted by Crippen LogP contribution is -2.24. The summed E-state index contributed by atoms with van der Waals surface area (Å²) in [7, 11) is 1.69. The van der Waals surface area contributed by atoms with Crippen molar-refractivity contribution in [3.05, 3.63) is 35.4 Å². The Bertz CT molecular complexity index is 527. The molecule has 0 aromatic heterocycles. The van der Waals surface area contributed by atoms with Gasteiger partial charge in [0.2, 0.25) is 0 Å². The Kier molecular flexibility index (Phi) is 2.29. The number of benzene rings is 1. The van der Waals surface area contributed by atoms with Crippen LogP contribution in [0.4, 0.5) is 4.79 Å². The largest absolute Gasteiger partial charge is 0.454 e. The Morgan fingerprint density at radius 3 is 2.67 bits per heavy atom. The van der Waals surface area contributed by atoms with Gasteiger partial charge in [0.25, 0.3) is 0 Å². The van der Waals surface area contributed by atoms with Gasteiger partial charge in [0, 0.05) is 19.5 Å². The summed E-state index contributed by atoms with van der Waals surface area (Å²) in [5, 5.41) is 0. The monoisotopic (exact) mass is 247 g/mol. The van der Waals surface area contributed by atoms with Crippen molar-refractivity contribution in [2.45, 2.75) is 25.2 Å². The fraction of sp³-hybridized carbons (Fsp3) is 0.385. The maximum absolute atomic E-state index is 11.6. The number of esters is 1. The zero-order chi connectivity index (χ0) is 12.9. The van der Waals surface area contributed by atoms with E-state index in [1.807, 2.05) is 24.3 Å². The summed E-state index contributed by atoms with van der Waals surface area (Å²) in [6.07, 6.45) is -1.32. The van der Waals surface area contributed by atoms with E-state index in [0.717, 1.165) is 11.1 Å². The average Bonchev–Trinajstić information content (AvgIpc) is 2.78. The van der Waals surface area contributed by atoms with Crippen LogP contribution < -0.4 is 0 Å². The fourth-order valence-electron chi connectivity index (χ4n) is 2.74. The predicted molar refractivity (Wildman–Crippen MR) is 61.7 cm³/mol. The number of likely N-dealkylation sites (N-methyl/N-ethyl adjacent to an activating group) is 1. The van der Waals surface area contributed by atoms with Crippen LogP contribution in [0.3, 0.4) is 0 Å². The molecule has 5 heteroatoms. The Labute approximate surface area is 104 Å². The molecule has 1 saturated heterocycles. The number of rotatable bonds is 1. The molecule has 1 heterocycles. The highest BCUT2D eigenvalue weighted by atomic mass is 16.6. The molecule has 1 aromatic carbocycles. The number of hydrogen-bond donors (Lipinski definition) is 0. The minimum absolute atomic E-state index is 0.168. The molecule has 1 aliphatic carbocycles. The number of carbonyl (C=O) groups is 2. The molecule has 0 spiro atoms. The third kappa shape index (κ3) is 1.40. The van der Waals surface area contributed by atoms with Crippen molar-refractivity contribution in [2.24, 2.45) is 0 Å². The first-order valence-electron chi connectivity index (χ1n) is 5.79. The molecule has 0 bridgehead atoms. The van der Waals surface area contributed by atoms with Crippen LogP contribution in [-0.2, 0) is 14.3 Å². The van der Waals surface area contributed by atoms with Crippen molar-refractivity contribution in [3.63, 3.8) is 0 Å². The maximum Gasteiger partial charge on any atom is 0.410 e. The van der Waals surface area contributed by atoms with Gasteiger partial charge in [-0.1, -0.05) is 24.3 Å². The lowest BCUT2D eigenvalue weighted by molar-refractivity contribution is -0.151. The lowest BCUT2D eigenvalue weighted by atomic mass is 10.1. The van der Waals surface area contributed by atoms with E-state index in [4.69, 9.17) is 9.47 Å². The highest BCUT2D eigenvalue weighted by Gasteiger charge is 2.53. The van der Waals surface area contributed by atoms with E-state index in [0.29, 0.717) is 0 Å². The highest BCUT2D eigenvalue weighted by molar-refractivity contribution is 5.73. The van der Waals surface area contributed by atoms with E-state index in [9.17, 15) is 9.59 Å². The van der Waals surface area contributed by atoms with Gasteiger partial charge in [-0.15, -0.1) is 0 Å². The number of carbonyl (C=O) groups excluding carboxylic acids is 2. The van der Waals surface area contributed by atoms with Crippen LogP contribution in [0.15, 0.2) is 24.3 Å². The highest BCUT2D eigenvalue weighted by Crippen LogP contribution is 2.48. The van der Waals surface area contributed by atoms with Crippen LogP contribution in [0.25, 0.3) is 0 Å². The molecule has 1 amide bonds. The van der Waals surface area contributed by atoms with Crippen molar-refractivity contribution >= 4 is 12.1 Å². The van der Waals surface area contributed by atoms with Crippen molar-refractivity contribution in [1.29, 1.82) is 0 Å². The molecule has 1 aromatic rings. The maximum atomic E-state index is 11.6. The van der Waals surface area contributed by atoms with Gasteiger partial charge in [-0.3, -0.25) is 4.79 Å². The molecule has 2 aliphatic rings. The van der Waals surface area contributed by atoms with Gasteiger partial charge in [-0.2, -0.15) is 0 Å². The van der Waals surface area contributed by atoms with Crippen LogP contribution in [0.5, 0.6) is 0 Å². The summed E-state index contributed by atoms with van der Waals surface area (Å²) < 4.78 is 10.6. The number of ether oxygens (including phenoxy) is 2. The first kappa shape index (κ1) is 11.1. The van der Waals surface area contributed by atoms with E-state index in [-0.39, 0.29) is 18.1 Å². The summed E-state index contributed by atoms with van der Waals surface area (Å²) in [4.78, 5) is 24.3. The second-order valence-electron chi connectivity index (χ2n) is 4.56. The smallest absolute Gasteiger partial charge is 0.410 e. The molecular formula is C13H13NO4. The third-order valence-corrected chi connectivity index (χ3v) is 3.47. The van der Waals surface area contributed by atoms with Gasteiger partial charge in [0.05, 0.1) is 0 Å². The van der Waals surface area contributed by atoms with Crippen LogP contribution in [0, 0.1) is 0 Å². The van der Waals surface area contributed by atoms with Crippen LogP contribution in [0.2, 0.25) is 0 Å². The molecule has 1 unspecified atom stereocenters. The SMILES string of the molecule is CC(=O)OC1c2ccccc2[C@@H]2[C@H]1OC(=O)N2C. The van der Waals surface area contributed by atoms with E-state index in [1.54, 1.807) is 11.9 Å². The minimum atomic E-state index is -0.502. The average molecular weight is 247 g/mol. The van der Waals surface area contributed by atoms with Crippen LogP contribution in [-0.4, -0.2) is 30.1 Å². The lowest BCUT2D eigenvalue weighted by Gasteiger charge is -2.17. The predicted octanol–water partition coefficient (Wildman–Crippen LogP) is 1.80. The molecule has 0 radical (unpaired) electrons. The molecule has 1 aliphatic heterocycles. The Hall–Kier alpha value is -2.04. The summed E-state index contributed by atoms with van der Waals surface area (Å²) in [6, 6.07) is 7.47. The van der Waals surface area contributed by atoms with Gasteiger partial charge in [0.15, 0.2) is 12.2 Å². The van der Waals surface area contributed by atoms with Gasteiger partial charge >= 0.3 is 12.1 Å². The number of fused-ring (bicyclic) bond motifs is 3. The molecule has 18 heavy (non-hydrogen) atoms.